The smallest absolute Gasteiger partial charge is 0.305 e. The summed E-state index contributed by atoms with van der Waals surface area (Å²) in [6.07, 6.45) is -11.4. The summed E-state index contributed by atoms with van der Waals surface area (Å²) in [5, 5.41) is 7.03. The summed E-state index contributed by atoms with van der Waals surface area (Å²) in [6, 6.07) is -1.53. The second-order valence-electron chi connectivity index (χ2n) is 8.43. The molecule has 0 spiro atoms. The van der Waals surface area contributed by atoms with Gasteiger partial charge in [0.2, 0.25) is 6.29 Å². The van der Waals surface area contributed by atoms with Crippen LogP contribution in [0.25, 0.3) is 20.9 Å². The van der Waals surface area contributed by atoms with E-state index in [9.17, 15) is 29.5 Å². The Kier molecular flexibility index (Phi) is 11.9. The highest BCUT2D eigenvalue weighted by molar-refractivity contribution is 5.68. The van der Waals surface area contributed by atoms with Crippen molar-refractivity contribution in [3.63, 3.8) is 0 Å². The largest absolute Gasteiger partial charge is 0.463 e. The lowest BCUT2D eigenvalue weighted by molar-refractivity contribution is -0.285. The van der Waals surface area contributed by atoms with E-state index in [1.165, 1.54) is 0 Å². The molecule has 2 fully saturated rings. The van der Waals surface area contributed by atoms with Crippen molar-refractivity contribution in [3.05, 3.63) is 20.9 Å². The molecular formula is C21H28N6O13. The Morgan fingerprint density at radius 2 is 1.23 bits per heavy atom. The molecule has 2 rings (SSSR count). The fourth-order valence-corrected chi connectivity index (χ4v) is 4.03. The van der Waals surface area contributed by atoms with Crippen molar-refractivity contribution in [1.82, 2.24) is 0 Å². The topological polar surface area (TPSA) is 257 Å². The molecule has 0 saturated carbocycles. The normalized spacial score (nSPS) is 31.0. The van der Waals surface area contributed by atoms with Crippen LogP contribution in [0.4, 0.5) is 0 Å². The van der Waals surface area contributed by atoms with Crippen molar-refractivity contribution in [2.75, 3.05) is 13.2 Å². The number of hydrogen-bond donors (Lipinski definition) is 0. The van der Waals surface area contributed by atoms with E-state index in [0.717, 1.165) is 34.6 Å². The van der Waals surface area contributed by atoms with Gasteiger partial charge in [0.1, 0.15) is 31.0 Å². The molecule has 40 heavy (non-hydrogen) atoms. The minimum Gasteiger partial charge on any atom is -0.463 e. The molecule has 0 amide bonds. The molecule has 2 aliphatic heterocycles. The first-order valence-corrected chi connectivity index (χ1v) is 11.7. The van der Waals surface area contributed by atoms with Crippen molar-refractivity contribution >= 4 is 29.8 Å². The van der Waals surface area contributed by atoms with E-state index >= 15 is 0 Å². The van der Waals surface area contributed by atoms with Gasteiger partial charge < -0.3 is 37.9 Å². The van der Waals surface area contributed by atoms with Gasteiger partial charge in [0.05, 0.1) is 6.54 Å². The molecule has 9 atom stereocenters. The molecule has 2 saturated heterocycles. The lowest BCUT2D eigenvalue weighted by Gasteiger charge is -2.44. The fourth-order valence-electron chi connectivity index (χ4n) is 4.03. The Hall–Kier alpha value is -4.15. The van der Waals surface area contributed by atoms with Gasteiger partial charge in [-0.1, -0.05) is 10.2 Å². The minimum atomic E-state index is -1.64. The van der Waals surface area contributed by atoms with Gasteiger partial charge in [-0.3, -0.25) is 24.0 Å². The summed E-state index contributed by atoms with van der Waals surface area (Å²) in [7, 11) is 0. The van der Waals surface area contributed by atoms with E-state index in [4.69, 9.17) is 43.4 Å². The number of carbonyl (C=O) groups excluding carboxylic acids is 5. The molecule has 2 aliphatic rings. The van der Waals surface area contributed by atoms with Crippen LogP contribution in [-0.4, -0.2) is 98.2 Å². The third-order valence-corrected chi connectivity index (χ3v) is 5.32. The molecule has 2 heterocycles. The van der Waals surface area contributed by atoms with E-state index in [-0.39, 0.29) is 0 Å². The molecule has 19 heteroatoms. The summed E-state index contributed by atoms with van der Waals surface area (Å²) >= 11 is 0. The molecule has 0 aromatic rings. The monoisotopic (exact) mass is 572 g/mol. The van der Waals surface area contributed by atoms with Crippen molar-refractivity contribution in [3.8, 4) is 0 Å². The molecule has 0 radical (unpaired) electrons. The van der Waals surface area contributed by atoms with Gasteiger partial charge in [-0.05, 0) is 11.1 Å². The molecule has 0 aromatic heterocycles. The van der Waals surface area contributed by atoms with Crippen LogP contribution in [0.2, 0.25) is 0 Å². The average molecular weight is 572 g/mol. The highest BCUT2D eigenvalue weighted by Crippen LogP contribution is 2.35. The van der Waals surface area contributed by atoms with Crippen molar-refractivity contribution in [2.24, 2.45) is 10.2 Å². The Morgan fingerprint density at radius 3 is 1.75 bits per heavy atom. The first kappa shape index (κ1) is 32.1. The zero-order valence-corrected chi connectivity index (χ0v) is 22.1. The number of ether oxygens (including phenoxy) is 8. The van der Waals surface area contributed by atoms with Gasteiger partial charge >= 0.3 is 29.8 Å². The van der Waals surface area contributed by atoms with Gasteiger partial charge in [0, 0.05) is 44.4 Å². The summed E-state index contributed by atoms with van der Waals surface area (Å²) in [6.45, 7) is 4.47. The predicted octanol–water partition coefficient (Wildman–Crippen LogP) is 0.732. The first-order valence-electron chi connectivity index (χ1n) is 11.7. The second kappa shape index (κ2) is 14.9. The third-order valence-electron chi connectivity index (χ3n) is 5.32. The maximum Gasteiger partial charge on any atom is 0.305 e. The van der Waals surface area contributed by atoms with Crippen LogP contribution in [0, 0.1) is 0 Å². The van der Waals surface area contributed by atoms with Crippen LogP contribution in [0.3, 0.4) is 0 Å². The highest BCUT2D eigenvalue weighted by atomic mass is 16.8. The molecule has 0 N–H and O–H groups in total. The van der Waals surface area contributed by atoms with Crippen molar-refractivity contribution in [1.29, 1.82) is 0 Å². The summed E-state index contributed by atoms with van der Waals surface area (Å²) in [5.41, 5.74) is 18.1. The van der Waals surface area contributed by atoms with Crippen LogP contribution in [-0.2, 0) is 61.9 Å². The van der Waals surface area contributed by atoms with Crippen molar-refractivity contribution in [2.45, 2.75) is 89.9 Å². The van der Waals surface area contributed by atoms with Gasteiger partial charge in [-0.2, -0.15) is 0 Å². The molecule has 0 aromatic carbocycles. The average Bonchev–Trinajstić information content (AvgIpc) is 3.14. The van der Waals surface area contributed by atoms with Crippen LogP contribution >= 0.6 is 0 Å². The fraction of sp³-hybridized carbons (Fsp3) is 0.762. The number of esters is 5. The number of rotatable bonds is 11. The molecule has 19 nitrogen and oxygen atoms in total. The number of carbonyl (C=O) groups is 5. The Labute approximate surface area is 226 Å². The number of hydrogen-bond acceptors (Lipinski definition) is 15. The van der Waals surface area contributed by atoms with Gasteiger partial charge in [0.15, 0.2) is 24.6 Å². The molecule has 220 valence electrons. The molecule has 1 unspecified atom stereocenters. The lowest BCUT2D eigenvalue weighted by atomic mass is 9.96. The standard InChI is InChI=1S/C21H28N6O13/c1-8(28)33-7-14-17(19(36-11(4)31)21(39-14)37-12(5)32)40-20-15(25-27-23)18(35-10(3)30)16(34-9(2)29)13(38-20)6-24-26-22/h13-21H,6-7H2,1-5H3/t13-,14+,15+,16+,17+,18+,19+,20+,21?/m0/s1. The third kappa shape index (κ3) is 8.96. The zero-order chi connectivity index (χ0) is 30.0. The predicted molar refractivity (Wildman–Crippen MR) is 124 cm³/mol. The highest BCUT2D eigenvalue weighted by Gasteiger charge is 2.55. The SMILES string of the molecule is CC(=O)OC[C@H]1OC(OC(C)=O)[C@H](OC(C)=O)[C@@H]1O[C@H]1O[C@@H](CN=[N+]=[N-])[C@@H](OC(C)=O)[C@H](OC(C)=O)[C@H]1N=[N+]=[N-]. The van der Waals surface area contributed by atoms with E-state index in [0.29, 0.717) is 0 Å². The maximum absolute atomic E-state index is 11.9. The molecule has 0 aliphatic carbocycles. The first-order chi connectivity index (χ1) is 18.9. The second-order valence-corrected chi connectivity index (χ2v) is 8.43. The van der Waals surface area contributed by atoms with E-state index in [1.807, 2.05) is 0 Å². The Balaban J connectivity index is 2.56. The van der Waals surface area contributed by atoms with Crippen LogP contribution in [0.1, 0.15) is 34.6 Å². The van der Waals surface area contributed by atoms with E-state index < -0.39 is 98.2 Å². The number of nitrogens with zero attached hydrogens (tertiary/aromatic N) is 6. The van der Waals surface area contributed by atoms with Gasteiger partial charge in [0.25, 0.3) is 0 Å². The van der Waals surface area contributed by atoms with Crippen LogP contribution < -0.4 is 0 Å². The molecule has 0 bridgehead atoms. The van der Waals surface area contributed by atoms with Gasteiger partial charge in [-0.25, -0.2) is 0 Å². The summed E-state index contributed by atoms with van der Waals surface area (Å²) in [5.74, 6) is -3.99. The van der Waals surface area contributed by atoms with E-state index in [1.54, 1.807) is 0 Å². The summed E-state index contributed by atoms with van der Waals surface area (Å²) < 4.78 is 43.5. The Bertz CT molecular complexity index is 1080. The van der Waals surface area contributed by atoms with Crippen LogP contribution in [0.5, 0.6) is 0 Å². The zero-order valence-electron chi connectivity index (χ0n) is 22.1. The van der Waals surface area contributed by atoms with E-state index in [2.05, 4.69) is 20.1 Å². The van der Waals surface area contributed by atoms with Crippen LogP contribution in [0.15, 0.2) is 10.2 Å². The summed E-state index contributed by atoms with van der Waals surface area (Å²) in [4.78, 5) is 64.2. The molecular weight excluding hydrogens is 544 g/mol. The lowest BCUT2D eigenvalue weighted by Crippen LogP contribution is -2.62. The van der Waals surface area contributed by atoms with Crippen molar-refractivity contribution < 1.29 is 61.9 Å². The minimum absolute atomic E-state index is 0.448. The van der Waals surface area contributed by atoms with Gasteiger partial charge in [-0.15, -0.1) is 0 Å². The number of azide groups is 2. The quantitative estimate of drug-likeness (QED) is 0.109. The Morgan fingerprint density at radius 1 is 0.675 bits per heavy atom. The maximum atomic E-state index is 11.9.